The van der Waals surface area contributed by atoms with Crippen molar-refractivity contribution in [2.24, 2.45) is 7.05 Å². The van der Waals surface area contributed by atoms with Crippen molar-refractivity contribution in [3.8, 4) is 5.69 Å². The molecule has 4 aromatic rings. The second-order valence-electron chi connectivity index (χ2n) is 5.41. The van der Waals surface area contributed by atoms with Gasteiger partial charge in [-0.2, -0.15) is 18.3 Å². The zero-order chi connectivity index (χ0) is 17.1. The smallest absolute Gasteiger partial charge is 0.297 e. The van der Waals surface area contributed by atoms with Crippen molar-refractivity contribution in [1.82, 2.24) is 14.3 Å². The van der Waals surface area contributed by atoms with Crippen LogP contribution in [0.4, 0.5) is 13.2 Å². The van der Waals surface area contributed by atoms with E-state index in [-0.39, 0.29) is 0 Å². The lowest BCUT2D eigenvalue weighted by molar-refractivity contribution is -0.137. The van der Waals surface area contributed by atoms with Gasteiger partial charge in [0.15, 0.2) is 11.9 Å². The molecule has 0 N–H and O–H groups in total. The summed E-state index contributed by atoms with van der Waals surface area (Å²) in [4.78, 5) is 12.4. The molecular weight excluding hydrogens is 339 g/mol. The fourth-order valence-electron chi connectivity index (χ4n) is 2.78. The third-order valence-corrected chi connectivity index (χ3v) is 4.86. The van der Waals surface area contributed by atoms with E-state index in [0.717, 1.165) is 34.0 Å². The van der Waals surface area contributed by atoms with E-state index in [1.54, 1.807) is 22.4 Å². The Hall–Kier alpha value is -2.61. The first-order valence-electron chi connectivity index (χ1n) is 6.99. The van der Waals surface area contributed by atoms with Gasteiger partial charge in [-0.05, 0) is 30.3 Å². The van der Waals surface area contributed by atoms with Crippen molar-refractivity contribution in [2.45, 2.75) is 6.18 Å². The minimum absolute atomic E-state index is 0.561. The van der Waals surface area contributed by atoms with Crippen LogP contribution >= 0.6 is 11.3 Å². The van der Waals surface area contributed by atoms with Gasteiger partial charge in [0.25, 0.3) is 0 Å². The van der Waals surface area contributed by atoms with E-state index in [1.165, 1.54) is 23.5 Å². The number of hydrogen-bond acceptors (Lipinski definition) is 3. The zero-order valence-corrected chi connectivity index (χ0v) is 13.1. The summed E-state index contributed by atoms with van der Waals surface area (Å²) in [7, 11) is 1.77. The minimum Gasteiger partial charge on any atom is -0.297 e. The molecule has 0 unspecified atom stereocenters. The Balaban J connectivity index is 1.99. The van der Waals surface area contributed by atoms with Crippen molar-refractivity contribution in [2.75, 3.05) is 0 Å². The summed E-state index contributed by atoms with van der Waals surface area (Å²) in [5, 5.41) is 6.13. The Morgan fingerprint density at radius 1 is 1.17 bits per heavy atom. The van der Waals surface area contributed by atoms with Crippen LogP contribution in [0.15, 0.2) is 36.5 Å². The van der Waals surface area contributed by atoms with Crippen molar-refractivity contribution in [3.05, 3.63) is 47.0 Å². The Kier molecular flexibility index (Phi) is 3.08. The molecule has 1 aromatic carbocycles. The highest BCUT2D eigenvalue weighted by molar-refractivity contribution is 7.20. The van der Waals surface area contributed by atoms with Crippen molar-refractivity contribution in [1.29, 1.82) is 0 Å². The number of thiophene rings is 1. The number of aryl methyl sites for hydroxylation is 1. The predicted octanol–water partition coefficient (Wildman–Crippen LogP) is 4.41. The second-order valence-corrected chi connectivity index (χ2v) is 6.47. The molecule has 0 radical (unpaired) electrons. The molecule has 0 saturated carbocycles. The van der Waals surface area contributed by atoms with Gasteiger partial charge in [-0.15, -0.1) is 11.3 Å². The molecule has 0 amide bonds. The van der Waals surface area contributed by atoms with Crippen LogP contribution in [0.5, 0.6) is 0 Å². The van der Waals surface area contributed by atoms with Gasteiger partial charge in [0.1, 0.15) is 4.83 Å². The maximum absolute atomic E-state index is 12.8. The zero-order valence-electron chi connectivity index (χ0n) is 12.3. The maximum atomic E-state index is 12.8. The summed E-state index contributed by atoms with van der Waals surface area (Å²) in [6, 6.07) is 6.69. The molecule has 0 aliphatic heterocycles. The number of carbonyl (C=O) groups is 1. The highest BCUT2D eigenvalue weighted by atomic mass is 32.1. The highest BCUT2D eigenvalue weighted by Crippen LogP contribution is 2.37. The lowest BCUT2D eigenvalue weighted by atomic mass is 10.2. The molecular formula is C16H10F3N3OS. The number of carbonyl (C=O) groups excluding carboxylic acids is 1. The van der Waals surface area contributed by atoms with Gasteiger partial charge < -0.3 is 0 Å². The van der Waals surface area contributed by atoms with Crippen molar-refractivity contribution in [3.63, 3.8) is 0 Å². The molecule has 0 bridgehead atoms. The summed E-state index contributed by atoms with van der Waals surface area (Å²) in [5.41, 5.74) is 0.517. The van der Waals surface area contributed by atoms with Gasteiger partial charge in [-0.3, -0.25) is 14.0 Å². The number of benzene rings is 1. The molecule has 0 fully saturated rings. The van der Waals surface area contributed by atoms with Crippen LogP contribution in [-0.4, -0.2) is 20.6 Å². The van der Waals surface area contributed by atoms with E-state index in [4.69, 9.17) is 0 Å². The fourth-order valence-corrected chi connectivity index (χ4v) is 3.79. The number of fused-ring (bicyclic) bond motifs is 3. The maximum Gasteiger partial charge on any atom is 0.416 e. The van der Waals surface area contributed by atoms with E-state index in [1.807, 2.05) is 6.20 Å². The molecule has 4 rings (SSSR count). The summed E-state index contributed by atoms with van der Waals surface area (Å²) < 4.78 is 41.7. The molecule has 8 heteroatoms. The Bertz CT molecular complexity index is 1070. The standard InChI is InChI=1S/C16H10F3N3OS/c1-21-7-13-12-6-11(8-23)24-15(12)22(14(13)20-21)10-4-2-9(3-5-10)16(17,18)19/h2-8H,1H3. The number of aromatic nitrogens is 3. The Morgan fingerprint density at radius 2 is 1.88 bits per heavy atom. The van der Waals surface area contributed by atoms with Gasteiger partial charge in [0.2, 0.25) is 0 Å². The first kappa shape index (κ1) is 14.9. The second kappa shape index (κ2) is 4.94. The molecule has 3 heterocycles. The van der Waals surface area contributed by atoms with Gasteiger partial charge in [-0.1, -0.05) is 0 Å². The van der Waals surface area contributed by atoms with E-state index in [9.17, 15) is 18.0 Å². The first-order chi connectivity index (χ1) is 11.4. The quantitative estimate of drug-likeness (QED) is 0.503. The fraction of sp³-hybridized carbons (Fsp3) is 0.125. The molecule has 0 saturated heterocycles. The van der Waals surface area contributed by atoms with Crippen molar-refractivity contribution >= 4 is 38.9 Å². The van der Waals surface area contributed by atoms with E-state index in [2.05, 4.69) is 5.10 Å². The molecule has 3 aromatic heterocycles. The topological polar surface area (TPSA) is 39.8 Å². The van der Waals surface area contributed by atoms with Gasteiger partial charge in [-0.25, -0.2) is 0 Å². The molecule has 0 spiro atoms. The third kappa shape index (κ3) is 2.14. The minimum atomic E-state index is -4.38. The number of nitrogens with zero attached hydrogens (tertiary/aromatic N) is 3. The third-order valence-electron chi connectivity index (χ3n) is 3.81. The lowest BCUT2D eigenvalue weighted by Crippen LogP contribution is -2.05. The summed E-state index contributed by atoms with van der Waals surface area (Å²) in [6.45, 7) is 0. The number of alkyl halides is 3. The highest BCUT2D eigenvalue weighted by Gasteiger charge is 2.30. The van der Waals surface area contributed by atoms with Crippen LogP contribution in [-0.2, 0) is 13.2 Å². The Labute approximate surface area is 137 Å². The molecule has 0 atom stereocenters. The number of hydrogen-bond donors (Lipinski definition) is 0. The normalized spacial score (nSPS) is 12.3. The lowest BCUT2D eigenvalue weighted by Gasteiger charge is -2.09. The van der Waals surface area contributed by atoms with Crippen LogP contribution in [0, 0.1) is 0 Å². The largest absolute Gasteiger partial charge is 0.416 e. The number of halogens is 3. The van der Waals surface area contributed by atoms with Crippen LogP contribution in [0.25, 0.3) is 26.9 Å². The number of rotatable bonds is 2. The summed E-state index contributed by atoms with van der Waals surface area (Å²) >= 11 is 1.29. The summed E-state index contributed by atoms with van der Waals surface area (Å²) in [6.07, 6.45) is -1.78. The average molecular weight is 349 g/mol. The van der Waals surface area contributed by atoms with Gasteiger partial charge >= 0.3 is 6.18 Å². The molecule has 0 aliphatic rings. The monoisotopic (exact) mass is 349 g/mol. The Morgan fingerprint density at radius 3 is 2.50 bits per heavy atom. The van der Waals surface area contributed by atoms with Gasteiger partial charge in [0.05, 0.1) is 10.4 Å². The molecule has 4 nitrogen and oxygen atoms in total. The van der Waals surface area contributed by atoms with Gasteiger partial charge in [0, 0.05) is 29.7 Å². The van der Waals surface area contributed by atoms with Crippen LogP contribution in [0.2, 0.25) is 0 Å². The molecule has 0 aliphatic carbocycles. The van der Waals surface area contributed by atoms with Crippen LogP contribution in [0.3, 0.4) is 0 Å². The first-order valence-corrected chi connectivity index (χ1v) is 7.80. The molecule has 24 heavy (non-hydrogen) atoms. The predicted molar refractivity (Wildman–Crippen MR) is 85.8 cm³/mol. The summed E-state index contributed by atoms with van der Waals surface area (Å²) in [5.74, 6) is 0. The van der Waals surface area contributed by atoms with E-state index >= 15 is 0 Å². The number of aldehydes is 1. The SMILES string of the molecule is Cn1cc2c3cc(C=O)sc3n(-c3ccc(C(F)(F)F)cc3)c2n1. The van der Waals surface area contributed by atoms with Crippen LogP contribution in [0.1, 0.15) is 15.2 Å². The van der Waals surface area contributed by atoms with E-state index < -0.39 is 11.7 Å². The average Bonchev–Trinajstić information content (AvgIpc) is 3.16. The van der Waals surface area contributed by atoms with Crippen molar-refractivity contribution < 1.29 is 18.0 Å². The van der Waals surface area contributed by atoms with Crippen LogP contribution < -0.4 is 0 Å². The molecule has 122 valence electrons. The van der Waals surface area contributed by atoms with E-state index in [0.29, 0.717) is 16.2 Å².